The summed E-state index contributed by atoms with van der Waals surface area (Å²) in [6.45, 7) is 0. The maximum Gasteiger partial charge on any atom is 0.261 e. The van der Waals surface area contributed by atoms with Gasteiger partial charge in [-0.25, -0.2) is 4.98 Å². The van der Waals surface area contributed by atoms with Gasteiger partial charge < -0.3 is 10.1 Å². The first-order valence-electron chi connectivity index (χ1n) is 5.71. The van der Waals surface area contributed by atoms with Crippen molar-refractivity contribution < 1.29 is 9.90 Å². The van der Waals surface area contributed by atoms with Crippen LogP contribution in [0, 0.1) is 3.57 Å². The first-order chi connectivity index (χ1) is 10.0. The summed E-state index contributed by atoms with van der Waals surface area (Å²) in [4.78, 5) is 26.9. The van der Waals surface area contributed by atoms with Crippen molar-refractivity contribution in [3.8, 4) is 5.75 Å². The van der Waals surface area contributed by atoms with E-state index in [1.165, 1.54) is 12.4 Å². The summed E-state index contributed by atoms with van der Waals surface area (Å²) in [6, 6.07) is 4.69. The maximum atomic E-state index is 12.1. The van der Waals surface area contributed by atoms with Crippen LogP contribution in [0.2, 0.25) is 5.15 Å². The minimum atomic E-state index is -0.531. The van der Waals surface area contributed by atoms with Crippen LogP contribution in [-0.2, 0) is 0 Å². The number of benzene rings is 1. The number of fused-ring (bicyclic) bond motifs is 1. The molecule has 0 atom stereocenters. The minimum absolute atomic E-state index is 0.0165. The van der Waals surface area contributed by atoms with E-state index in [-0.39, 0.29) is 22.4 Å². The molecule has 3 N–H and O–H groups in total. The van der Waals surface area contributed by atoms with Crippen molar-refractivity contribution in [1.29, 1.82) is 0 Å². The highest BCUT2D eigenvalue weighted by molar-refractivity contribution is 14.1. The van der Waals surface area contributed by atoms with E-state index in [2.05, 4.69) is 25.3 Å². The molecule has 0 radical (unpaired) electrons. The Morgan fingerprint density at radius 3 is 3.00 bits per heavy atom. The Balaban J connectivity index is 1.94. The number of H-pyrrole nitrogens is 1. The maximum absolute atomic E-state index is 12.1. The van der Waals surface area contributed by atoms with Crippen molar-refractivity contribution in [2.45, 2.75) is 0 Å². The Kier molecular flexibility index (Phi) is 3.64. The van der Waals surface area contributed by atoms with E-state index in [4.69, 9.17) is 11.6 Å². The van der Waals surface area contributed by atoms with Gasteiger partial charge in [0, 0.05) is 3.57 Å². The Morgan fingerprint density at radius 1 is 1.38 bits per heavy atom. The molecule has 0 aliphatic rings. The minimum Gasteiger partial charge on any atom is -0.507 e. The van der Waals surface area contributed by atoms with Crippen LogP contribution in [0.15, 0.2) is 24.5 Å². The molecule has 0 unspecified atom stereocenters. The topological polar surface area (TPSA) is 104 Å². The number of carbonyl (C=O) groups is 1. The van der Waals surface area contributed by atoms with Crippen molar-refractivity contribution in [3.63, 3.8) is 0 Å². The Bertz CT molecular complexity index is 851. The average molecular weight is 416 g/mol. The van der Waals surface area contributed by atoms with Gasteiger partial charge in [0.2, 0.25) is 5.95 Å². The molecule has 3 rings (SSSR count). The predicted molar refractivity (Wildman–Crippen MR) is 85.5 cm³/mol. The lowest BCUT2D eigenvalue weighted by Gasteiger charge is -2.06. The predicted octanol–water partition coefficient (Wildman–Crippen LogP) is 2.57. The Hall–Kier alpha value is -1.94. The van der Waals surface area contributed by atoms with Gasteiger partial charge in [-0.3, -0.25) is 10.1 Å². The number of nitrogens with one attached hydrogen (secondary N) is 2. The number of hydrogen-bond donors (Lipinski definition) is 3. The molecule has 0 aliphatic carbocycles. The zero-order valence-corrected chi connectivity index (χ0v) is 13.2. The van der Waals surface area contributed by atoms with E-state index in [0.29, 0.717) is 11.2 Å². The second-order valence-electron chi connectivity index (χ2n) is 4.05. The Labute approximate surface area is 136 Å². The van der Waals surface area contributed by atoms with Crippen LogP contribution in [0.1, 0.15) is 10.4 Å². The Morgan fingerprint density at radius 2 is 2.19 bits per heavy atom. The molecule has 0 aliphatic heterocycles. The van der Waals surface area contributed by atoms with Crippen molar-refractivity contribution in [2.24, 2.45) is 0 Å². The summed E-state index contributed by atoms with van der Waals surface area (Å²) in [5.41, 5.74) is 0.965. The average Bonchev–Trinajstić information content (AvgIpc) is 2.90. The molecule has 7 nitrogen and oxygen atoms in total. The quantitative estimate of drug-likeness (QED) is 0.441. The van der Waals surface area contributed by atoms with Crippen molar-refractivity contribution in [1.82, 2.24) is 19.9 Å². The van der Waals surface area contributed by atoms with Gasteiger partial charge in [-0.1, -0.05) is 11.6 Å². The monoisotopic (exact) mass is 415 g/mol. The van der Waals surface area contributed by atoms with Gasteiger partial charge in [-0.15, -0.1) is 0 Å². The number of carbonyl (C=O) groups excluding carboxylic acids is 1. The molecular formula is C12H7ClIN5O2. The van der Waals surface area contributed by atoms with E-state index >= 15 is 0 Å². The molecule has 2 heterocycles. The molecule has 2 aromatic heterocycles. The van der Waals surface area contributed by atoms with Crippen LogP contribution in [0.3, 0.4) is 0 Å². The lowest BCUT2D eigenvalue weighted by Crippen LogP contribution is -2.14. The smallest absolute Gasteiger partial charge is 0.261 e. The number of nitrogens with zero attached hydrogens (tertiary/aromatic N) is 3. The number of aromatic hydroxyl groups is 1. The largest absolute Gasteiger partial charge is 0.507 e. The second-order valence-corrected chi connectivity index (χ2v) is 5.66. The molecular weight excluding hydrogens is 409 g/mol. The third kappa shape index (κ3) is 2.76. The van der Waals surface area contributed by atoms with Crippen LogP contribution in [0.25, 0.3) is 11.2 Å². The summed E-state index contributed by atoms with van der Waals surface area (Å²) < 4.78 is 0.817. The fourth-order valence-corrected chi connectivity index (χ4v) is 2.42. The summed E-state index contributed by atoms with van der Waals surface area (Å²) in [5.74, 6) is -0.639. The van der Waals surface area contributed by atoms with Crippen molar-refractivity contribution >= 4 is 57.2 Å². The molecule has 1 aromatic carbocycles. The van der Waals surface area contributed by atoms with Gasteiger partial charge in [0.05, 0.1) is 11.9 Å². The normalized spacial score (nSPS) is 10.8. The number of aromatic nitrogens is 4. The lowest BCUT2D eigenvalue weighted by atomic mass is 10.2. The van der Waals surface area contributed by atoms with E-state index in [0.717, 1.165) is 3.57 Å². The number of rotatable bonds is 2. The zero-order chi connectivity index (χ0) is 15.0. The third-order valence-electron chi connectivity index (χ3n) is 2.67. The number of phenols is 1. The van der Waals surface area contributed by atoms with E-state index in [9.17, 15) is 9.90 Å². The molecule has 0 saturated heterocycles. The van der Waals surface area contributed by atoms with Crippen LogP contribution >= 0.6 is 34.2 Å². The highest BCUT2D eigenvalue weighted by Gasteiger charge is 2.15. The van der Waals surface area contributed by atoms with Gasteiger partial charge in [0.25, 0.3) is 5.91 Å². The molecule has 0 fully saturated rings. The number of aromatic amines is 1. The van der Waals surface area contributed by atoms with E-state index in [1.807, 2.05) is 22.6 Å². The van der Waals surface area contributed by atoms with Crippen molar-refractivity contribution in [3.05, 3.63) is 38.8 Å². The SMILES string of the molecule is O=C(Nc1nc(Cl)c2[nH]cnc2n1)c1cc(I)ccc1O. The molecule has 9 heteroatoms. The molecule has 0 bridgehead atoms. The van der Waals surface area contributed by atoms with Gasteiger partial charge in [0.1, 0.15) is 11.3 Å². The fraction of sp³-hybridized carbons (Fsp3) is 0. The summed E-state index contributed by atoms with van der Waals surface area (Å²) >= 11 is 8.01. The summed E-state index contributed by atoms with van der Waals surface area (Å²) in [7, 11) is 0. The summed E-state index contributed by atoms with van der Waals surface area (Å²) in [6.07, 6.45) is 1.43. The molecule has 106 valence electrons. The van der Waals surface area contributed by atoms with Gasteiger partial charge in [-0.05, 0) is 40.8 Å². The highest BCUT2D eigenvalue weighted by atomic mass is 127. The van der Waals surface area contributed by atoms with Crippen LogP contribution in [0.4, 0.5) is 5.95 Å². The number of anilines is 1. The number of halogens is 2. The van der Waals surface area contributed by atoms with Gasteiger partial charge in [0.15, 0.2) is 10.8 Å². The first kappa shape index (κ1) is 14.0. The lowest BCUT2D eigenvalue weighted by molar-refractivity contribution is 0.102. The van der Waals surface area contributed by atoms with Crippen molar-refractivity contribution in [2.75, 3.05) is 5.32 Å². The second kappa shape index (κ2) is 5.45. The van der Waals surface area contributed by atoms with Crippen LogP contribution in [0.5, 0.6) is 5.75 Å². The van der Waals surface area contributed by atoms with Crippen LogP contribution < -0.4 is 5.32 Å². The standard InChI is InChI=1S/C12H7ClIN5O2/c13-9-8-10(16-4-15-8)18-12(17-9)19-11(21)6-3-5(14)1-2-7(6)20/h1-4,20H,(H2,15,16,17,18,19,21). The third-order valence-corrected chi connectivity index (χ3v) is 3.61. The number of imidazole rings is 1. The first-order valence-corrected chi connectivity index (χ1v) is 7.17. The highest BCUT2D eigenvalue weighted by Crippen LogP contribution is 2.22. The molecule has 3 aromatic rings. The summed E-state index contributed by atoms with van der Waals surface area (Å²) in [5, 5.41) is 12.4. The molecule has 0 saturated carbocycles. The number of hydrogen-bond acceptors (Lipinski definition) is 5. The van der Waals surface area contributed by atoms with E-state index < -0.39 is 5.91 Å². The number of phenolic OH excluding ortho intramolecular Hbond substituents is 1. The number of amides is 1. The van der Waals surface area contributed by atoms with E-state index in [1.54, 1.807) is 12.1 Å². The molecule has 21 heavy (non-hydrogen) atoms. The molecule has 1 amide bonds. The zero-order valence-electron chi connectivity index (χ0n) is 10.3. The fourth-order valence-electron chi connectivity index (χ4n) is 1.71. The van der Waals surface area contributed by atoms with Gasteiger partial charge in [-0.2, -0.15) is 9.97 Å². The molecule has 0 spiro atoms. The van der Waals surface area contributed by atoms with Crippen LogP contribution in [-0.4, -0.2) is 30.9 Å². The van der Waals surface area contributed by atoms with Gasteiger partial charge >= 0.3 is 0 Å².